The number of carbonyl (C=O) groups is 1. The molecule has 1 amide bonds. The molecule has 1 aromatic rings. The monoisotopic (exact) mass is 364 g/mol. The van der Waals surface area contributed by atoms with Crippen LogP contribution >= 0.6 is 11.6 Å². The van der Waals surface area contributed by atoms with E-state index in [1.54, 1.807) is 23.1 Å². The SMILES string of the molecule is C[C@H]1[C@@H](O[Si](C)(C)C(C)(C)C)CC(=O)N1c1ccc(C#N)c(Cl)c1. The predicted molar refractivity (Wildman–Crippen MR) is 99.8 cm³/mol. The molecule has 24 heavy (non-hydrogen) atoms. The Morgan fingerprint density at radius 1 is 1.38 bits per heavy atom. The van der Waals surface area contributed by atoms with Crippen LogP contribution < -0.4 is 4.90 Å². The Balaban J connectivity index is 2.25. The lowest BCUT2D eigenvalue weighted by atomic mass is 10.1. The van der Waals surface area contributed by atoms with Gasteiger partial charge in [0.1, 0.15) is 6.07 Å². The van der Waals surface area contributed by atoms with E-state index in [1.807, 2.05) is 13.0 Å². The highest BCUT2D eigenvalue weighted by atomic mass is 35.5. The number of carbonyl (C=O) groups excluding carboxylic acids is 1. The third kappa shape index (κ3) is 3.51. The van der Waals surface area contributed by atoms with E-state index in [0.29, 0.717) is 17.0 Å². The minimum Gasteiger partial charge on any atom is -0.411 e. The Hall–Kier alpha value is -1.35. The van der Waals surface area contributed by atoms with E-state index < -0.39 is 8.32 Å². The van der Waals surface area contributed by atoms with E-state index in [0.717, 1.165) is 5.69 Å². The van der Waals surface area contributed by atoms with E-state index in [1.165, 1.54) is 0 Å². The highest BCUT2D eigenvalue weighted by molar-refractivity contribution is 6.74. The van der Waals surface area contributed by atoms with Crippen molar-refractivity contribution in [2.45, 2.75) is 64.4 Å². The molecule has 1 aromatic carbocycles. The van der Waals surface area contributed by atoms with E-state index >= 15 is 0 Å². The van der Waals surface area contributed by atoms with Gasteiger partial charge < -0.3 is 9.33 Å². The average molecular weight is 365 g/mol. The topological polar surface area (TPSA) is 53.3 Å². The molecule has 0 radical (unpaired) electrons. The molecule has 2 atom stereocenters. The molecule has 1 fully saturated rings. The summed E-state index contributed by atoms with van der Waals surface area (Å²) >= 11 is 6.12. The fourth-order valence-electron chi connectivity index (χ4n) is 2.65. The quantitative estimate of drug-likeness (QED) is 0.728. The van der Waals surface area contributed by atoms with Gasteiger partial charge in [0.2, 0.25) is 5.91 Å². The first-order valence-electron chi connectivity index (χ1n) is 8.17. The minimum atomic E-state index is -1.95. The predicted octanol–water partition coefficient (Wildman–Crippen LogP) is 4.73. The average Bonchev–Trinajstić information content (AvgIpc) is 2.71. The molecule has 0 saturated carbocycles. The second-order valence-electron chi connectivity index (χ2n) is 7.90. The van der Waals surface area contributed by atoms with Crippen molar-refractivity contribution in [2.24, 2.45) is 0 Å². The Labute approximate surface area is 150 Å². The van der Waals surface area contributed by atoms with Crippen LogP contribution in [0.25, 0.3) is 0 Å². The zero-order chi connectivity index (χ0) is 18.3. The van der Waals surface area contributed by atoms with Crippen LogP contribution in [0, 0.1) is 11.3 Å². The molecule has 6 heteroatoms. The van der Waals surface area contributed by atoms with Crippen LogP contribution in [0.2, 0.25) is 23.2 Å². The lowest BCUT2D eigenvalue weighted by Gasteiger charge is -2.39. The number of nitrogens with zero attached hydrogens (tertiary/aromatic N) is 2. The molecular weight excluding hydrogens is 340 g/mol. The van der Waals surface area contributed by atoms with Crippen LogP contribution in [-0.4, -0.2) is 26.4 Å². The third-order valence-corrected chi connectivity index (χ3v) is 10.0. The largest absolute Gasteiger partial charge is 0.411 e. The molecule has 1 aliphatic rings. The summed E-state index contributed by atoms with van der Waals surface area (Å²) in [4.78, 5) is 14.3. The van der Waals surface area contributed by atoms with Crippen molar-refractivity contribution in [3.05, 3.63) is 28.8 Å². The van der Waals surface area contributed by atoms with Gasteiger partial charge in [-0.1, -0.05) is 32.4 Å². The van der Waals surface area contributed by atoms with Crippen molar-refractivity contribution in [1.29, 1.82) is 5.26 Å². The van der Waals surface area contributed by atoms with Gasteiger partial charge in [-0.3, -0.25) is 4.79 Å². The van der Waals surface area contributed by atoms with Crippen molar-refractivity contribution in [1.82, 2.24) is 0 Å². The Morgan fingerprint density at radius 2 is 2.00 bits per heavy atom. The number of anilines is 1. The molecule has 0 unspecified atom stereocenters. The standard InChI is InChI=1S/C18H25ClN2O2Si/c1-12-16(23-24(5,6)18(2,3)4)10-17(22)21(12)14-8-7-13(11-20)15(19)9-14/h7-9,12,16H,10H2,1-6H3/t12-,16-/m0/s1. The van der Waals surface area contributed by atoms with Crippen molar-refractivity contribution >= 4 is 31.5 Å². The van der Waals surface area contributed by atoms with Crippen molar-refractivity contribution in [2.75, 3.05) is 4.90 Å². The highest BCUT2D eigenvalue weighted by Crippen LogP contribution is 2.40. The number of amides is 1. The molecule has 2 rings (SSSR count). The first kappa shape index (κ1) is 19.0. The van der Waals surface area contributed by atoms with Crippen LogP contribution in [0.1, 0.15) is 39.7 Å². The van der Waals surface area contributed by atoms with Crippen LogP contribution in [0.4, 0.5) is 5.69 Å². The molecule has 1 saturated heterocycles. The van der Waals surface area contributed by atoms with Gasteiger partial charge in [0.25, 0.3) is 0 Å². The van der Waals surface area contributed by atoms with E-state index in [9.17, 15) is 4.79 Å². The maximum absolute atomic E-state index is 12.6. The van der Waals surface area contributed by atoms with Crippen molar-refractivity contribution in [3.63, 3.8) is 0 Å². The van der Waals surface area contributed by atoms with Gasteiger partial charge in [-0.15, -0.1) is 0 Å². The summed E-state index contributed by atoms with van der Waals surface area (Å²) in [7, 11) is -1.95. The summed E-state index contributed by atoms with van der Waals surface area (Å²) in [5, 5.41) is 9.46. The van der Waals surface area contributed by atoms with Gasteiger partial charge in [0.05, 0.1) is 29.2 Å². The molecule has 0 N–H and O–H groups in total. The summed E-state index contributed by atoms with van der Waals surface area (Å²) in [6.07, 6.45) is 0.262. The fourth-order valence-corrected chi connectivity index (χ4v) is 4.26. The van der Waals surface area contributed by atoms with Crippen LogP contribution in [-0.2, 0) is 9.22 Å². The van der Waals surface area contributed by atoms with Crippen LogP contribution in [0.15, 0.2) is 18.2 Å². The maximum atomic E-state index is 12.6. The van der Waals surface area contributed by atoms with E-state index in [4.69, 9.17) is 21.3 Å². The van der Waals surface area contributed by atoms with Gasteiger partial charge in [0, 0.05) is 5.69 Å². The molecule has 130 valence electrons. The number of hydrogen-bond donors (Lipinski definition) is 0. The Morgan fingerprint density at radius 3 is 2.50 bits per heavy atom. The van der Waals surface area contributed by atoms with Crippen LogP contribution in [0.3, 0.4) is 0 Å². The molecular formula is C18H25ClN2O2Si. The van der Waals surface area contributed by atoms with Gasteiger partial charge in [0.15, 0.2) is 8.32 Å². The molecule has 4 nitrogen and oxygen atoms in total. The zero-order valence-electron chi connectivity index (χ0n) is 15.2. The first-order chi connectivity index (χ1) is 11.0. The normalized spacial score (nSPS) is 21.9. The zero-order valence-corrected chi connectivity index (χ0v) is 16.9. The van der Waals surface area contributed by atoms with Crippen molar-refractivity contribution in [3.8, 4) is 6.07 Å². The van der Waals surface area contributed by atoms with E-state index in [2.05, 4.69) is 33.9 Å². The second kappa shape index (κ2) is 6.51. The summed E-state index contributed by atoms with van der Waals surface area (Å²) < 4.78 is 6.46. The Bertz CT molecular complexity index is 691. The van der Waals surface area contributed by atoms with E-state index in [-0.39, 0.29) is 23.1 Å². The number of halogens is 1. The summed E-state index contributed by atoms with van der Waals surface area (Å²) in [5.74, 6) is 0.0342. The number of hydrogen-bond acceptors (Lipinski definition) is 3. The highest BCUT2D eigenvalue weighted by Gasteiger charge is 2.45. The summed E-state index contributed by atoms with van der Waals surface area (Å²) in [6.45, 7) is 13.0. The lowest BCUT2D eigenvalue weighted by molar-refractivity contribution is -0.117. The lowest BCUT2D eigenvalue weighted by Crippen LogP contribution is -2.47. The number of nitriles is 1. The second-order valence-corrected chi connectivity index (χ2v) is 13.1. The first-order valence-corrected chi connectivity index (χ1v) is 11.5. The summed E-state index contributed by atoms with van der Waals surface area (Å²) in [6, 6.07) is 7.09. The van der Waals surface area contributed by atoms with Gasteiger partial charge in [-0.25, -0.2) is 0 Å². The Kier molecular flexibility index (Phi) is 5.15. The molecule has 0 spiro atoms. The van der Waals surface area contributed by atoms with Crippen LogP contribution in [0.5, 0.6) is 0 Å². The fraction of sp³-hybridized carbons (Fsp3) is 0.556. The smallest absolute Gasteiger partial charge is 0.229 e. The van der Waals surface area contributed by atoms with Gasteiger partial charge in [-0.05, 0) is 43.3 Å². The molecule has 0 aliphatic carbocycles. The molecule has 0 aromatic heterocycles. The van der Waals surface area contributed by atoms with Crippen molar-refractivity contribution < 1.29 is 9.22 Å². The van der Waals surface area contributed by atoms with Gasteiger partial charge in [-0.2, -0.15) is 5.26 Å². The third-order valence-electron chi connectivity index (χ3n) is 5.19. The molecule has 1 heterocycles. The molecule has 0 bridgehead atoms. The molecule has 1 aliphatic heterocycles. The summed E-state index contributed by atoms with van der Waals surface area (Å²) in [5.41, 5.74) is 1.13. The van der Waals surface area contributed by atoms with Gasteiger partial charge >= 0.3 is 0 Å². The minimum absolute atomic E-state index is 0.0342. The number of benzene rings is 1. The maximum Gasteiger partial charge on any atom is 0.229 e. The number of rotatable bonds is 3.